The van der Waals surface area contributed by atoms with Crippen LogP contribution in [-0.4, -0.2) is 55.6 Å². The van der Waals surface area contributed by atoms with E-state index in [1.165, 1.54) is 0 Å². The normalized spacial score (nSPS) is 22.5. The summed E-state index contributed by atoms with van der Waals surface area (Å²) in [6.07, 6.45) is 5.72. The topological polar surface area (TPSA) is 120 Å². The van der Waals surface area contributed by atoms with E-state index < -0.39 is 5.67 Å². The first-order valence-corrected chi connectivity index (χ1v) is 12.6. The van der Waals surface area contributed by atoms with Crippen LogP contribution in [0.5, 0.6) is 5.75 Å². The highest BCUT2D eigenvalue weighted by atomic mass is 19.1. The molecule has 196 valence electrons. The summed E-state index contributed by atoms with van der Waals surface area (Å²) in [5, 5.41) is 7.87. The molecule has 1 aliphatic carbocycles. The van der Waals surface area contributed by atoms with Crippen LogP contribution < -0.4 is 20.7 Å². The smallest absolute Gasteiger partial charge is 0.225 e. The molecule has 38 heavy (non-hydrogen) atoms. The number of pyridine rings is 1. The van der Waals surface area contributed by atoms with Crippen LogP contribution in [0.15, 0.2) is 48.8 Å². The summed E-state index contributed by atoms with van der Waals surface area (Å²) < 4.78 is 21.4. The zero-order valence-electron chi connectivity index (χ0n) is 21.6. The van der Waals surface area contributed by atoms with E-state index in [9.17, 15) is 4.39 Å². The molecule has 1 aliphatic heterocycles. The highest BCUT2D eigenvalue weighted by molar-refractivity contribution is 5.72. The molecule has 10 nitrogen and oxygen atoms in total. The highest BCUT2D eigenvalue weighted by Crippen LogP contribution is 2.56. The minimum Gasteiger partial charge on any atom is -0.496 e. The van der Waals surface area contributed by atoms with Gasteiger partial charge in [-0.05, 0) is 61.9 Å². The molecule has 6 rings (SSSR count). The van der Waals surface area contributed by atoms with Crippen molar-refractivity contribution in [1.82, 2.24) is 29.7 Å². The van der Waals surface area contributed by atoms with Gasteiger partial charge in [-0.3, -0.25) is 0 Å². The number of nitrogens with zero attached hydrogens (tertiary/aromatic N) is 7. The van der Waals surface area contributed by atoms with Gasteiger partial charge in [-0.2, -0.15) is 4.98 Å². The predicted molar refractivity (Wildman–Crippen MR) is 144 cm³/mol. The molecule has 4 heterocycles. The maximum Gasteiger partial charge on any atom is 0.225 e. The molecule has 4 aromatic rings. The number of methoxy groups -OCH3 is 1. The molecule has 3 aromatic heterocycles. The van der Waals surface area contributed by atoms with Gasteiger partial charge in [-0.25, -0.2) is 24.0 Å². The minimum absolute atomic E-state index is 0.107. The molecule has 0 radical (unpaired) electrons. The van der Waals surface area contributed by atoms with Crippen LogP contribution >= 0.6 is 0 Å². The Labute approximate surface area is 220 Å². The zero-order valence-corrected chi connectivity index (χ0v) is 21.6. The lowest BCUT2D eigenvalue weighted by Crippen LogP contribution is -2.48. The van der Waals surface area contributed by atoms with Crippen molar-refractivity contribution in [2.75, 3.05) is 36.1 Å². The van der Waals surface area contributed by atoms with E-state index in [2.05, 4.69) is 35.3 Å². The lowest BCUT2D eigenvalue weighted by molar-refractivity contribution is -0.0400. The van der Waals surface area contributed by atoms with Gasteiger partial charge in [0.25, 0.3) is 0 Å². The Hall–Kier alpha value is -4.28. The van der Waals surface area contributed by atoms with Crippen molar-refractivity contribution in [2.45, 2.75) is 31.9 Å². The van der Waals surface area contributed by atoms with Gasteiger partial charge in [0.15, 0.2) is 5.82 Å². The third kappa shape index (κ3) is 4.48. The van der Waals surface area contributed by atoms with Gasteiger partial charge in [-0.15, -0.1) is 5.10 Å². The van der Waals surface area contributed by atoms with E-state index in [-0.39, 0.29) is 11.4 Å². The summed E-state index contributed by atoms with van der Waals surface area (Å²) in [4.78, 5) is 19.8. The molecule has 1 saturated heterocycles. The van der Waals surface area contributed by atoms with Crippen LogP contribution in [0.2, 0.25) is 0 Å². The Kier molecular flexibility index (Phi) is 5.66. The molecule has 1 saturated carbocycles. The number of halogens is 1. The quantitative estimate of drug-likeness (QED) is 0.385. The van der Waals surface area contributed by atoms with E-state index >= 15 is 0 Å². The van der Waals surface area contributed by atoms with Gasteiger partial charge >= 0.3 is 0 Å². The largest absolute Gasteiger partial charge is 0.496 e. The standard InChI is InChI=1S/C27H30FN9O/c1-26(28)14-27(15-26)9-11-37(16-27)22-7-4-17(13-31-22)23-34-25(36(2)35-23)32-18-5-6-19(21(12-18)38-3)20-8-10-30-24(29)33-20/h4-8,10,12-13H,9,11,14-16H2,1-3H3,(H2,29,30,33)(H,32,34,35). The van der Waals surface area contributed by atoms with E-state index in [0.717, 1.165) is 42.1 Å². The third-order valence-corrected chi connectivity index (χ3v) is 7.43. The van der Waals surface area contributed by atoms with Gasteiger partial charge in [-0.1, -0.05) is 0 Å². The summed E-state index contributed by atoms with van der Waals surface area (Å²) in [6.45, 7) is 3.48. The number of hydrogen-bond acceptors (Lipinski definition) is 9. The first-order valence-electron chi connectivity index (χ1n) is 12.6. The van der Waals surface area contributed by atoms with E-state index in [0.29, 0.717) is 36.1 Å². The van der Waals surface area contributed by atoms with Crippen molar-refractivity contribution >= 4 is 23.4 Å². The van der Waals surface area contributed by atoms with Crippen LogP contribution in [0.3, 0.4) is 0 Å². The number of alkyl halides is 1. The van der Waals surface area contributed by atoms with Crippen LogP contribution in [0, 0.1) is 5.41 Å². The molecule has 11 heteroatoms. The molecular weight excluding hydrogens is 485 g/mol. The summed E-state index contributed by atoms with van der Waals surface area (Å²) >= 11 is 0. The van der Waals surface area contributed by atoms with Gasteiger partial charge < -0.3 is 20.7 Å². The number of ether oxygens (including phenoxy) is 1. The number of anilines is 4. The maximum atomic E-state index is 14.1. The number of nitrogens with one attached hydrogen (secondary N) is 1. The van der Waals surface area contributed by atoms with Crippen molar-refractivity contribution in [3.05, 3.63) is 48.8 Å². The molecule has 0 atom stereocenters. The van der Waals surface area contributed by atoms with Crippen molar-refractivity contribution < 1.29 is 9.13 Å². The van der Waals surface area contributed by atoms with E-state index in [4.69, 9.17) is 10.5 Å². The maximum absolute atomic E-state index is 14.1. The van der Waals surface area contributed by atoms with Crippen molar-refractivity contribution in [1.29, 1.82) is 0 Å². The van der Waals surface area contributed by atoms with Gasteiger partial charge in [0.2, 0.25) is 11.9 Å². The van der Waals surface area contributed by atoms with E-state index in [1.54, 1.807) is 37.2 Å². The SMILES string of the molecule is COc1cc(Nc2nc(-c3ccc(N4CCC5(C4)CC(C)(F)C5)nc3)nn2C)ccc1-c1ccnc(N)n1. The number of nitrogens with two attached hydrogens (primary N) is 1. The average molecular weight is 516 g/mol. The second-order valence-electron chi connectivity index (χ2n) is 10.6. The van der Waals surface area contributed by atoms with Gasteiger partial charge in [0.05, 0.1) is 12.8 Å². The Bertz CT molecular complexity index is 1480. The predicted octanol–water partition coefficient (Wildman–Crippen LogP) is 4.39. The number of benzene rings is 1. The number of rotatable bonds is 6. The summed E-state index contributed by atoms with van der Waals surface area (Å²) in [6, 6.07) is 11.5. The van der Waals surface area contributed by atoms with Crippen LogP contribution in [0.4, 0.5) is 27.8 Å². The minimum atomic E-state index is -1.01. The fourth-order valence-corrected chi connectivity index (χ4v) is 5.89. The molecule has 2 aliphatic rings. The number of hydrogen-bond donors (Lipinski definition) is 2. The van der Waals surface area contributed by atoms with E-state index in [1.807, 2.05) is 37.4 Å². The summed E-state index contributed by atoms with van der Waals surface area (Å²) in [7, 11) is 3.44. The van der Waals surface area contributed by atoms with Gasteiger partial charge in [0.1, 0.15) is 17.2 Å². The van der Waals surface area contributed by atoms with Crippen molar-refractivity contribution in [3.8, 4) is 28.4 Å². The average Bonchev–Trinajstić information content (AvgIpc) is 3.47. The molecule has 2 fully saturated rings. The number of aryl methyl sites for hydroxylation is 1. The van der Waals surface area contributed by atoms with Crippen molar-refractivity contribution in [3.63, 3.8) is 0 Å². The molecule has 1 aromatic carbocycles. The van der Waals surface area contributed by atoms with Crippen LogP contribution in [0.1, 0.15) is 26.2 Å². The Morgan fingerprint density at radius 1 is 1.11 bits per heavy atom. The van der Waals surface area contributed by atoms with Crippen LogP contribution in [-0.2, 0) is 7.05 Å². The second kappa shape index (κ2) is 8.93. The molecule has 1 spiro atoms. The number of nitrogen functional groups attached to an aromatic ring is 1. The molecule has 0 bridgehead atoms. The molecule has 3 N–H and O–H groups in total. The molecular formula is C27H30FN9O. The van der Waals surface area contributed by atoms with Crippen molar-refractivity contribution in [2.24, 2.45) is 12.5 Å². The third-order valence-electron chi connectivity index (χ3n) is 7.43. The molecule has 0 unspecified atom stereocenters. The number of aromatic nitrogens is 6. The first kappa shape index (κ1) is 24.1. The second-order valence-corrected chi connectivity index (χ2v) is 10.6. The van der Waals surface area contributed by atoms with Gasteiger partial charge in [0, 0.05) is 55.4 Å². The Morgan fingerprint density at radius 2 is 1.95 bits per heavy atom. The van der Waals surface area contributed by atoms with Crippen LogP contribution in [0.25, 0.3) is 22.6 Å². The molecule has 0 amide bonds. The Morgan fingerprint density at radius 3 is 2.66 bits per heavy atom. The summed E-state index contributed by atoms with van der Waals surface area (Å²) in [5.74, 6) is 2.89. The lowest BCUT2D eigenvalue weighted by Gasteiger charge is -2.48. The highest BCUT2D eigenvalue weighted by Gasteiger charge is 2.55. The monoisotopic (exact) mass is 515 g/mol. The lowest BCUT2D eigenvalue weighted by atomic mass is 9.60. The fraction of sp³-hybridized carbons (Fsp3) is 0.370. The Balaban J connectivity index is 1.17. The summed E-state index contributed by atoms with van der Waals surface area (Å²) in [5.41, 5.74) is 7.92. The first-order chi connectivity index (χ1) is 18.2. The fourth-order valence-electron chi connectivity index (χ4n) is 5.89. The zero-order chi connectivity index (χ0) is 26.5.